The maximum Gasteiger partial charge on any atom is 0.0214 e. The molecule has 0 spiro atoms. The van der Waals surface area contributed by atoms with Crippen LogP contribution in [-0.4, -0.2) is 17.5 Å². The van der Waals surface area contributed by atoms with Crippen molar-refractivity contribution in [2.75, 3.05) is 12.3 Å². The molecule has 0 amide bonds. The molecule has 3 heteroatoms. The highest BCUT2D eigenvalue weighted by atomic mass is 32.2. The smallest absolute Gasteiger partial charge is 0.0214 e. The van der Waals surface area contributed by atoms with Crippen LogP contribution in [0, 0.1) is 0 Å². The van der Waals surface area contributed by atoms with Gasteiger partial charge in [-0.15, -0.1) is 0 Å². The lowest BCUT2D eigenvalue weighted by Gasteiger charge is -2.21. The van der Waals surface area contributed by atoms with Crippen molar-refractivity contribution in [3.05, 3.63) is 22.4 Å². The molecule has 14 heavy (non-hydrogen) atoms. The zero-order chi connectivity index (χ0) is 9.64. The molecule has 78 valence electrons. The summed E-state index contributed by atoms with van der Waals surface area (Å²) < 4.78 is 0. The zero-order valence-electron chi connectivity index (χ0n) is 8.37. The summed E-state index contributed by atoms with van der Waals surface area (Å²) in [6, 6.07) is 2.20. The average Bonchev–Trinajstić information content (AvgIpc) is 2.72. The summed E-state index contributed by atoms with van der Waals surface area (Å²) in [5.74, 6) is 1.37. The van der Waals surface area contributed by atoms with Crippen molar-refractivity contribution in [3.63, 3.8) is 0 Å². The minimum Gasteiger partial charge on any atom is -0.312 e. The molecule has 1 saturated heterocycles. The van der Waals surface area contributed by atoms with Crippen LogP contribution in [0.3, 0.4) is 0 Å². The SMILES string of the molecule is c1cc(CNCC2CCCCS2)cs1. The van der Waals surface area contributed by atoms with Crippen LogP contribution in [-0.2, 0) is 6.54 Å². The van der Waals surface area contributed by atoms with Gasteiger partial charge in [-0.05, 0) is 41.0 Å². The second kappa shape index (κ2) is 5.79. The van der Waals surface area contributed by atoms with Gasteiger partial charge in [-0.3, -0.25) is 0 Å². The van der Waals surface area contributed by atoms with E-state index in [0.717, 1.165) is 11.8 Å². The van der Waals surface area contributed by atoms with Crippen LogP contribution in [0.2, 0.25) is 0 Å². The van der Waals surface area contributed by atoms with Crippen molar-refractivity contribution < 1.29 is 0 Å². The molecule has 1 fully saturated rings. The molecule has 1 aromatic rings. The van der Waals surface area contributed by atoms with E-state index < -0.39 is 0 Å². The molecule has 1 atom stereocenters. The average molecular weight is 227 g/mol. The first-order chi connectivity index (χ1) is 6.95. The van der Waals surface area contributed by atoms with Gasteiger partial charge in [-0.1, -0.05) is 6.42 Å². The summed E-state index contributed by atoms with van der Waals surface area (Å²) in [5.41, 5.74) is 1.43. The van der Waals surface area contributed by atoms with E-state index in [4.69, 9.17) is 0 Å². The van der Waals surface area contributed by atoms with Crippen LogP contribution in [0.1, 0.15) is 24.8 Å². The number of thioether (sulfide) groups is 1. The summed E-state index contributed by atoms with van der Waals surface area (Å²) in [5, 5.41) is 8.78. The van der Waals surface area contributed by atoms with E-state index in [1.165, 1.54) is 37.1 Å². The number of hydrogen-bond donors (Lipinski definition) is 1. The fraction of sp³-hybridized carbons (Fsp3) is 0.636. The Morgan fingerprint density at radius 2 is 2.43 bits per heavy atom. The van der Waals surface area contributed by atoms with E-state index in [-0.39, 0.29) is 0 Å². The van der Waals surface area contributed by atoms with E-state index in [9.17, 15) is 0 Å². The van der Waals surface area contributed by atoms with Crippen LogP contribution >= 0.6 is 23.1 Å². The molecular formula is C11H17NS2. The Balaban J connectivity index is 1.62. The third-order valence-electron chi connectivity index (χ3n) is 2.56. The maximum atomic E-state index is 3.54. The Labute approximate surface area is 94.3 Å². The maximum absolute atomic E-state index is 3.54. The Morgan fingerprint density at radius 1 is 1.43 bits per heavy atom. The Hall–Kier alpha value is 0.01000. The van der Waals surface area contributed by atoms with Crippen molar-refractivity contribution in [1.82, 2.24) is 5.32 Å². The van der Waals surface area contributed by atoms with Crippen molar-refractivity contribution in [3.8, 4) is 0 Å². The van der Waals surface area contributed by atoms with Crippen LogP contribution in [0.15, 0.2) is 16.8 Å². The lowest BCUT2D eigenvalue weighted by atomic mass is 10.2. The van der Waals surface area contributed by atoms with Crippen LogP contribution in [0.25, 0.3) is 0 Å². The molecule has 0 aliphatic carbocycles. The molecule has 1 aliphatic heterocycles. The summed E-state index contributed by atoms with van der Waals surface area (Å²) in [6.07, 6.45) is 4.25. The molecule has 1 aliphatic rings. The first-order valence-corrected chi connectivity index (χ1v) is 7.28. The van der Waals surface area contributed by atoms with Gasteiger partial charge in [0.05, 0.1) is 0 Å². The van der Waals surface area contributed by atoms with E-state index in [1.807, 2.05) is 0 Å². The number of hydrogen-bond acceptors (Lipinski definition) is 3. The molecular weight excluding hydrogens is 210 g/mol. The molecule has 2 heterocycles. The van der Waals surface area contributed by atoms with Gasteiger partial charge in [-0.2, -0.15) is 23.1 Å². The molecule has 1 nitrogen and oxygen atoms in total. The molecule has 0 aromatic carbocycles. The summed E-state index contributed by atoms with van der Waals surface area (Å²) >= 11 is 3.92. The predicted octanol–water partition coefficient (Wildman–Crippen LogP) is 3.12. The van der Waals surface area contributed by atoms with Gasteiger partial charge in [0.1, 0.15) is 0 Å². The number of nitrogens with one attached hydrogen (secondary N) is 1. The second-order valence-corrected chi connectivity index (χ2v) is 5.94. The minimum atomic E-state index is 0.863. The van der Waals surface area contributed by atoms with Gasteiger partial charge in [0.15, 0.2) is 0 Å². The third kappa shape index (κ3) is 3.30. The van der Waals surface area contributed by atoms with Gasteiger partial charge >= 0.3 is 0 Å². The van der Waals surface area contributed by atoms with Crippen LogP contribution < -0.4 is 5.32 Å². The third-order valence-corrected chi connectivity index (χ3v) is 4.69. The Kier molecular flexibility index (Phi) is 4.35. The topological polar surface area (TPSA) is 12.0 Å². The standard InChI is InChI=1S/C11H17NS2/c1-2-5-14-11(3-1)8-12-7-10-4-6-13-9-10/h4,6,9,11-12H,1-3,5,7-8H2. The lowest BCUT2D eigenvalue weighted by molar-refractivity contribution is 0.598. The normalized spacial score (nSPS) is 22.4. The van der Waals surface area contributed by atoms with Gasteiger partial charge in [0, 0.05) is 18.3 Å². The van der Waals surface area contributed by atoms with Crippen molar-refractivity contribution in [2.24, 2.45) is 0 Å². The largest absolute Gasteiger partial charge is 0.312 e. The monoisotopic (exact) mass is 227 g/mol. The molecule has 0 radical (unpaired) electrons. The number of thiophene rings is 1. The van der Waals surface area contributed by atoms with E-state index in [0.29, 0.717) is 0 Å². The van der Waals surface area contributed by atoms with Crippen LogP contribution in [0.5, 0.6) is 0 Å². The first kappa shape index (κ1) is 10.5. The lowest BCUT2D eigenvalue weighted by Crippen LogP contribution is -2.26. The van der Waals surface area contributed by atoms with Crippen molar-refractivity contribution in [2.45, 2.75) is 31.1 Å². The molecule has 1 aromatic heterocycles. The zero-order valence-corrected chi connectivity index (χ0v) is 10.0. The van der Waals surface area contributed by atoms with Gasteiger partial charge in [0.25, 0.3) is 0 Å². The molecule has 2 rings (SSSR count). The van der Waals surface area contributed by atoms with Crippen molar-refractivity contribution >= 4 is 23.1 Å². The Bertz CT molecular complexity index is 240. The van der Waals surface area contributed by atoms with Gasteiger partial charge < -0.3 is 5.32 Å². The quantitative estimate of drug-likeness (QED) is 0.848. The Morgan fingerprint density at radius 3 is 3.14 bits per heavy atom. The highest BCUT2D eigenvalue weighted by molar-refractivity contribution is 7.99. The summed E-state index contributed by atoms with van der Waals surface area (Å²) in [6.45, 7) is 2.22. The molecule has 0 bridgehead atoms. The van der Waals surface area contributed by atoms with Crippen molar-refractivity contribution in [1.29, 1.82) is 0 Å². The molecule has 1 N–H and O–H groups in total. The van der Waals surface area contributed by atoms with E-state index in [2.05, 4.69) is 33.9 Å². The minimum absolute atomic E-state index is 0.863. The predicted molar refractivity (Wildman–Crippen MR) is 66.1 cm³/mol. The second-order valence-electron chi connectivity index (χ2n) is 3.75. The van der Waals surface area contributed by atoms with Gasteiger partial charge in [0.2, 0.25) is 0 Å². The first-order valence-electron chi connectivity index (χ1n) is 5.28. The summed E-state index contributed by atoms with van der Waals surface area (Å²) in [7, 11) is 0. The fourth-order valence-corrected chi connectivity index (χ4v) is 3.68. The van der Waals surface area contributed by atoms with Crippen LogP contribution in [0.4, 0.5) is 0 Å². The van der Waals surface area contributed by atoms with E-state index >= 15 is 0 Å². The van der Waals surface area contributed by atoms with E-state index in [1.54, 1.807) is 11.3 Å². The van der Waals surface area contributed by atoms with Gasteiger partial charge in [-0.25, -0.2) is 0 Å². The molecule has 1 unspecified atom stereocenters. The fourth-order valence-electron chi connectivity index (χ4n) is 1.74. The molecule has 0 saturated carbocycles. The highest BCUT2D eigenvalue weighted by Gasteiger charge is 2.12. The number of rotatable bonds is 4. The highest BCUT2D eigenvalue weighted by Crippen LogP contribution is 2.24. The summed E-state index contributed by atoms with van der Waals surface area (Å²) in [4.78, 5) is 0.